The van der Waals surface area contributed by atoms with Crippen LogP contribution < -0.4 is 5.32 Å². The Bertz CT molecular complexity index is 463. The van der Waals surface area contributed by atoms with Gasteiger partial charge in [-0.25, -0.2) is 4.79 Å². The quantitative estimate of drug-likeness (QED) is 0.926. The lowest BCUT2D eigenvalue weighted by molar-refractivity contribution is 0.0658. The minimum atomic E-state index is -0.119. The number of hydrogen-bond donors (Lipinski definition) is 1. The van der Waals surface area contributed by atoms with Gasteiger partial charge in [-0.2, -0.15) is 0 Å². The largest absolute Gasteiger partial charge is 0.450 e. The van der Waals surface area contributed by atoms with Gasteiger partial charge in [-0.1, -0.05) is 30.3 Å². The van der Waals surface area contributed by atoms with Crippen molar-refractivity contribution in [2.75, 3.05) is 6.61 Å². The fraction of sp³-hybridized carbons (Fsp3) is 0.588. The Hall–Kier alpha value is -1.55. The van der Waals surface area contributed by atoms with Crippen molar-refractivity contribution in [1.29, 1.82) is 0 Å². The zero-order valence-electron chi connectivity index (χ0n) is 12.6. The van der Waals surface area contributed by atoms with Crippen molar-refractivity contribution in [2.45, 2.75) is 57.3 Å². The van der Waals surface area contributed by atoms with Gasteiger partial charge in [0.1, 0.15) is 0 Å². The topological polar surface area (TPSA) is 41.6 Å². The first-order valence-corrected chi connectivity index (χ1v) is 8.00. The highest BCUT2D eigenvalue weighted by atomic mass is 16.6. The molecule has 0 aliphatic carbocycles. The average Bonchev–Trinajstić information content (AvgIpc) is 2.78. The van der Waals surface area contributed by atoms with Crippen molar-refractivity contribution in [1.82, 2.24) is 10.2 Å². The van der Waals surface area contributed by atoms with E-state index in [4.69, 9.17) is 4.74 Å². The summed E-state index contributed by atoms with van der Waals surface area (Å²) in [5.41, 5.74) is 1.32. The Morgan fingerprint density at radius 3 is 2.52 bits per heavy atom. The maximum atomic E-state index is 12.0. The summed E-state index contributed by atoms with van der Waals surface area (Å²) < 4.78 is 5.19. The molecule has 1 N–H and O–H groups in total. The molecule has 2 bridgehead atoms. The van der Waals surface area contributed by atoms with Crippen LogP contribution in [0.4, 0.5) is 4.79 Å². The minimum absolute atomic E-state index is 0.119. The molecule has 21 heavy (non-hydrogen) atoms. The number of ether oxygens (including phenoxy) is 1. The van der Waals surface area contributed by atoms with Gasteiger partial charge < -0.3 is 15.0 Å². The Morgan fingerprint density at radius 1 is 1.24 bits per heavy atom. The Labute approximate surface area is 126 Å². The molecule has 0 aromatic heterocycles. The van der Waals surface area contributed by atoms with E-state index in [0.29, 0.717) is 24.7 Å². The van der Waals surface area contributed by atoms with Crippen LogP contribution in [-0.2, 0) is 11.3 Å². The lowest BCUT2D eigenvalue weighted by Crippen LogP contribution is -2.51. The van der Waals surface area contributed by atoms with Gasteiger partial charge in [0.05, 0.1) is 6.61 Å². The normalized spacial score (nSPS) is 27.7. The number of fused-ring (bicyclic) bond motifs is 2. The number of rotatable bonds is 4. The molecule has 114 valence electrons. The molecule has 1 aromatic rings. The van der Waals surface area contributed by atoms with E-state index in [-0.39, 0.29) is 6.09 Å². The molecule has 0 spiro atoms. The zero-order valence-corrected chi connectivity index (χ0v) is 12.6. The van der Waals surface area contributed by atoms with Crippen molar-refractivity contribution >= 4 is 6.09 Å². The summed E-state index contributed by atoms with van der Waals surface area (Å²) in [5, 5.41) is 3.65. The van der Waals surface area contributed by atoms with Crippen molar-refractivity contribution in [3.05, 3.63) is 35.9 Å². The molecule has 4 heteroatoms. The molecule has 2 saturated heterocycles. The van der Waals surface area contributed by atoms with E-state index in [1.807, 2.05) is 17.9 Å². The van der Waals surface area contributed by atoms with Gasteiger partial charge in [0, 0.05) is 24.7 Å². The Balaban J connectivity index is 1.55. The second-order valence-corrected chi connectivity index (χ2v) is 6.03. The van der Waals surface area contributed by atoms with Crippen LogP contribution in [0.2, 0.25) is 0 Å². The first-order valence-electron chi connectivity index (χ1n) is 8.00. The van der Waals surface area contributed by atoms with Gasteiger partial charge in [0.15, 0.2) is 0 Å². The second-order valence-electron chi connectivity index (χ2n) is 6.03. The molecule has 0 unspecified atom stereocenters. The number of piperidine rings is 1. The van der Waals surface area contributed by atoms with Gasteiger partial charge in [-0.05, 0) is 38.2 Å². The monoisotopic (exact) mass is 288 g/mol. The third-order valence-electron chi connectivity index (χ3n) is 4.65. The number of carbonyl (C=O) groups excluding carboxylic acids is 1. The Kier molecular flexibility index (Phi) is 4.44. The molecule has 2 aliphatic rings. The van der Waals surface area contributed by atoms with E-state index in [2.05, 4.69) is 29.6 Å². The maximum Gasteiger partial charge on any atom is 0.410 e. The van der Waals surface area contributed by atoms with Crippen LogP contribution in [0.5, 0.6) is 0 Å². The summed E-state index contributed by atoms with van der Waals surface area (Å²) in [4.78, 5) is 14.0. The van der Waals surface area contributed by atoms with Crippen molar-refractivity contribution in [2.24, 2.45) is 0 Å². The highest BCUT2D eigenvalue weighted by Gasteiger charge is 2.43. The van der Waals surface area contributed by atoms with Gasteiger partial charge in [0.2, 0.25) is 0 Å². The molecule has 2 fully saturated rings. The third kappa shape index (κ3) is 3.21. The molecular formula is C17H24N2O2. The first-order chi connectivity index (χ1) is 10.3. The van der Waals surface area contributed by atoms with Crippen LogP contribution in [-0.4, -0.2) is 35.7 Å². The standard InChI is InChI=1S/C17H24N2O2/c1-2-21-17(20)19-15-8-9-16(19)11-14(10-15)18-12-13-6-4-3-5-7-13/h3-7,14-16,18H,2,8-12H2,1H3/t15-,16-/m0/s1. The predicted octanol–water partition coefficient (Wildman–Crippen LogP) is 2.93. The van der Waals surface area contributed by atoms with Gasteiger partial charge >= 0.3 is 6.09 Å². The van der Waals surface area contributed by atoms with Crippen LogP contribution in [0.3, 0.4) is 0 Å². The third-order valence-corrected chi connectivity index (χ3v) is 4.65. The Morgan fingerprint density at radius 2 is 1.90 bits per heavy atom. The molecule has 1 aromatic carbocycles. The number of nitrogens with zero attached hydrogens (tertiary/aromatic N) is 1. The number of hydrogen-bond acceptors (Lipinski definition) is 3. The van der Waals surface area contributed by atoms with Crippen LogP contribution in [0.15, 0.2) is 30.3 Å². The smallest absolute Gasteiger partial charge is 0.410 e. The molecule has 2 atom stereocenters. The fourth-order valence-electron chi connectivity index (χ4n) is 3.70. The van der Waals surface area contributed by atoms with Crippen LogP contribution in [0.25, 0.3) is 0 Å². The number of amides is 1. The highest BCUT2D eigenvalue weighted by Crippen LogP contribution is 2.36. The van der Waals surface area contributed by atoms with Crippen molar-refractivity contribution < 1.29 is 9.53 Å². The van der Waals surface area contributed by atoms with E-state index in [1.165, 1.54) is 5.56 Å². The van der Waals surface area contributed by atoms with Gasteiger partial charge in [-0.3, -0.25) is 0 Å². The summed E-state index contributed by atoms with van der Waals surface area (Å²) in [5.74, 6) is 0. The molecule has 2 heterocycles. The summed E-state index contributed by atoms with van der Waals surface area (Å²) in [7, 11) is 0. The predicted molar refractivity (Wildman–Crippen MR) is 82.0 cm³/mol. The van der Waals surface area contributed by atoms with E-state index >= 15 is 0 Å². The summed E-state index contributed by atoms with van der Waals surface area (Å²) in [6, 6.07) is 11.7. The lowest BCUT2D eigenvalue weighted by Gasteiger charge is -2.38. The molecule has 3 rings (SSSR count). The minimum Gasteiger partial charge on any atom is -0.450 e. The first kappa shape index (κ1) is 14.4. The van der Waals surface area contributed by atoms with Gasteiger partial charge in [0.25, 0.3) is 0 Å². The lowest BCUT2D eigenvalue weighted by atomic mass is 9.97. The van der Waals surface area contributed by atoms with E-state index in [9.17, 15) is 4.79 Å². The molecule has 4 nitrogen and oxygen atoms in total. The van der Waals surface area contributed by atoms with Crippen LogP contribution >= 0.6 is 0 Å². The summed E-state index contributed by atoms with van der Waals surface area (Å²) in [6.45, 7) is 3.24. The van der Waals surface area contributed by atoms with E-state index in [1.54, 1.807) is 0 Å². The second kappa shape index (κ2) is 6.48. The number of carbonyl (C=O) groups is 1. The zero-order chi connectivity index (χ0) is 14.7. The highest BCUT2D eigenvalue weighted by molar-refractivity contribution is 5.69. The van der Waals surface area contributed by atoms with Gasteiger partial charge in [-0.15, -0.1) is 0 Å². The van der Waals surface area contributed by atoms with E-state index < -0.39 is 0 Å². The van der Waals surface area contributed by atoms with Crippen molar-refractivity contribution in [3.8, 4) is 0 Å². The molecule has 0 radical (unpaired) electrons. The molecule has 0 saturated carbocycles. The number of benzene rings is 1. The molecular weight excluding hydrogens is 264 g/mol. The average molecular weight is 288 g/mol. The van der Waals surface area contributed by atoms with E-state index in [0.717, 1.165) is 32.2 Å². The van der Waals surface area contributed by atoms with Crippen LogP contribution in [0.1, 0.15) is 38.2 Å². The molecule has 2 aliphatic heterocycles. The SMILES string of the molecule is CCOC(=O)N1[C@H]2CC[C@H]1CC(NCc1ccccc1)C2. The summed E-state index contributed by atoms with van der Waals surface area (Å²) >= 11 is 0. The number of nitrogens with one attached hydrogen (secondary N) is 1. The van der Waals surface area contributed by atoms with Crippen LogP contribution in [0, 0.1) is 0 Å². The molecule has 1 amide bonds. The van der Waals surface area contributed by atoms with Crippen molar-refractivity contribution in [3.63, 3.8) is 0 Å². The fourth-order valence-corrected chi connectivity index (χ4v) is 3.70. The maximum absolute atomic E-state index is 12.0. The summed E-state index contributed by atoms with van der Waals surface area (Å²) in [6.07, 6.45) is 4.20.